The summed E-state index contributed by atoms with van der Waals surface area (Å²) >= 11 is 0. The quantitative estimate of drug-likeness (QED) is 0.795. The lowest BCUT2D eigenvalue weighted by atomic mass is 10.2. The molecule has 0 aliphatic heterocycles. The summed E-state index contributed by atoms with van der Waals surface area (Å²) in [6, 6.07) is 3.23. The van der Waals surface area contributed by atoms with E-state index in [0.717, 1.165) is 0 Å². The first-order valence-electron chi connectivity index (χ1n) is 4.94. The van der Waals surface area contributed by atoms with E-state index in [0.29, 0.717) is 23.1 Å². The summed E-state index contributed by atoms with van der Waals surface area (Å²) in [5, 5.41) is 6.56. The number of amides is 1. The van der Waals surface area contributed by atoms with Gasteiger partial charge in [0.2, 0.25) is 5.89 Å². The van der Waals surface area contributed by atoms with E-state index >= 15 is 0 Å². The van der Waals surface area contributed by atoms with Crippen LogP contribution in [0.1, 0.15) is 22.1 Å². The fourth-order valence-electron chi connectivity index (χ4n) is 1.32. The maximum Gasteiger partial charge on any atom is 0.252 e. The van der Waals surface area contributed by atoms with Crippen LogP contribution < -0.4 is 11.1 Å². The Morgan fingerprint density at radius 1 is 1.59 bits per heavy atom. The second-order valence-corrected chi connectivity index (χ2v) is 3.35. The highest BCUT2D eigenvalue weighted by atomic mass is 16.5. The van der Waals surface area contributed by atoms with Gasteiger partial charge in [0.1, 0.15) is 5.82 Å². The van der Waals surface area contributed by atoms with Gasteiger partial charge < -0.3 is 15.6 Å². The minimum atomic E-state index is -0.540. The van der Waals surface area contributed by atoms with Crippen molar-refractivity contribution in [1.82, 2.24) is 15.1 Å². The Bertz CT molecular complexity index is 537. The summed E-state index contributed by atoms with van der Waals surface area (Å²) in [5.74, 6) is 0.833. The number of primary amides is 1. The van der Waals surface area contributed by atoms with Gasteiger partial charge in [0.05, 0.1) is 12.1 Å². The van der Waals surface area contributed by atoms with Crippen LogP contribution in [-0.2, 0) is 6.54 Å². The van der Waals surface area contributed by atoms with Crippen LogP contribution in [0, 0.1) is 6.92 Å². The minimum absolute atomic E-state index is 0.290. The topological polar surface area (TPSA) is 107 Å². The zero-order valence-corrected chi connectivity index (χ0v) is 9.17. The van der Waals surface area contributed by atoms with Gasteiger partial charge in [0, 0.05) is 6.20 Å². The number of hydrogen-bond acceptors (Lipinski definition) is 6. The molecule has 0 fully saturated rings. The fraction of sp³-hybridized carbons (Fsp3) is 0.200. The molecule has 0 saturated carbocycles. The fourth-order valence-corrected chi connectivity index (χ4v) is 1.32. The molecular weight excluding hydrogens is 222 g/mol. The van der Waals surface area contributed by atoms with E-state index in [9.17, 15) is 4.79 Å². The van der Waals surface area contributed by atoms with Gasteiger partial charge in [0.15, 0.2) is 5.82 Å². The summed E-state index contributed by atoms with van der Waals surface area (Å²) in [4.78, 5) is 19.2. The molecule has 2 heterocycles. The van der Waals surface area contributed by atoms with Crippen molar-refractivity contribution in [2.24, 2.45) is 5.73 Å². The first kappa shape index (κ1) is 11.1. The van der Waals surface area contributed by atoms with Crippen LogP contribution in [0.25, 0.3) is 0 Å². The van der Waals surface area contributed by atoms with Gasteiger partial charge in [-0.2, -0.15) is 4.98 Å². The molecule has 2 aromatic heterocycles. The van der Waals surface area contributed by atoms with Crippen molar-refractivity contribution < 1.29 is 9.32 Å². The van der Waals surface area contributed by atoms with E-state index in [1.807, 2.05) is 0 Å². The first-order valence-corrected chi connectivity index (χ1v) is 4.94. The van der Waals surface area contributed by atoms with E-state index in [2.05, 4.69) is 20.4 Å². The smallest absolute Gasteiger partial charge is 0.252 e. The van der Waals surface area contributed by atoms with Gasteiger partial charge in [-0.1, -0.05) is 5.16 Å². The minimum Gasteiger partial charge on any atom is -0.365 e. The predicted octanol–water partition coefficient (Wildman–Crippen LogP) is 0.484. The SMILES string of the molecule is Cc1noc(CNc2ncccc2C(N)=O)n1. The lowest BCUT2D eigenvalue weighted by Gasteiger charge is -2.05. The Labute approximate surface area is 97.0 Å². The molecule has 3 N–H and O–H groups in total. The van der Waals surface area contributed by atoms with E-state index in [-0.39, 0.29) is 6.54 Å². The third-order valence-corrected chi connectivity index (χ3v) is 2.05. The highest BCUT2D eigenvalue weighted by molar-refractivity contribution is 5.97. The van der Waals surface area contributed by atoms with Crippen LogP contribution >= 0.6 is 0 Å². The standard InChI is InChI=1S/C10H11N5O2/c1-6-14-8(17-15-6)5-13-10-7(9(11)16)3-2-4-12-10/h2-4H,5H2,1H3,(H2,11,16)(H,12,13). The van der Waals surface area contributed by atoms with Gasteiger partial charge in [0.25, 0.3) is 5.91 Å². The van der Waals surface area contributed by atoms with Gasteiger partial charge in [-0.05, 0) is 19.1 Å². The monoisotopic (exact) mass is 233 g/mol. The van der Waals surface area contributed by atoms with Crippen molar-refractivity contribution in [3.05, 3.63) is 35.6 Å². The number of hydrogen-bond donors (Lipinski definition) is 2. The van der Waals surface area contributed by atoms with Crippen LogP contribution in [0.2, 0.25) is 0 Å². The average molecular weight is 233 g/mol. The number of aromatic nitrogens is 3. The summed E-state index contributed by atoms with van der Waals surface area (Å²) in [6.07, 6.45) is 1.56. The van der Waals surface area contributed by atoms with Crippen molar-refractivity contribution >= 4 is 11.7 Å². The van der Waals surface area contributed by atoms with E-state index in [1.54, 1.807) is 25.3 Å². The number of rotatable bonds is 4. The highest BCUT2D eigenvalue weighted by Gasteiger charge is 2.09. The molecule has 7 heteroatoms. The molecule has 0 unspecified atom stereocenters. The molecule has 0 aromatic carbocycles. The lowest BCUT2D eigenvalue weighted by molar-refractivity contribution is 0.100. The zero-order valence-electron chi connectivity index (χ0n) is 9.17. The predicted molar refractivity (Wildman–Crippen MR) is 59.1 cm³/mol. The third kappa shape index (κ3) is 2.57. The number of carbonyl (C=O) groups is 1. The molecule has 88 valence electrons. The van der Waals surface area contributed by atoms with Crippen LogP contribution in [0.4, 0.5) is 5.82 Å². The van der Waals surface area contributed by atoms with Crippen molar-refractivity contribution in [3.63, 3.8) is 0 Å². The largest absolute Gasteiger partial charge is 0.365 e. The van der Waals surface area contributed by atoms with Crippen molar-refractivity contribution in [1.29, 1.82) is 0 Å². The molecule has 0 bridgehead atoms. The van der Waals surface area contributed by atoms with Gasteiger partial charge in [-0.25, -0.2) is 4.98 Å². The van der Waals surface area contributed by atoms with E-state index < -0.39 is 5.91 Å². The molecule has 7 nitrogen and oxygen atoms in total. The molecule has 0 spiro atoms. The number of carbonyl (C=O) groups excluding carboxylic acids is 1. The summed E-state index contributed by atoms with van der Waals surface area (Å²) in [7, 11) is 0. The number of nitrogens with two attached hydrogens (primary N) is 1. The van der Waals surface area contributed by atoms with E-state index in [4.69, 9.17) is 10.3 Å². The molecule has 0 atom stereocenters. The first-order chi connectivity index (χ1) is 8.16. The maximum absolute atomic E-state index is 11.1. The highest BCUT2D eigenvalue weighted by Crippen LogP contribution is 2.11. The summed E-state index contributed by atoms with van der Waals surface area (Å²) in [6.45, 7) is 2.01. The van der Waals surface area contributed by atoms with Gasteiger partial charge in [-0.3, -0.25) is 4.79 Å². The Kier molecular flexibility index (Phi) is 2.99. The molecule has 2 rings (SSSR count). The average Bonchev–Trinajstić information content (AvgIpc) is 2.73. The second kappa shape index (κ2) is 4.60. The molecule has 17 heavy (non-hydrogen) atoms. The van der Waals surface area contributed by atoms with Crippen molar-refractivity contribution in [3.8, 4) is 0 Å². The van der Waals surface area contributed by atoms with Crippen LogP contribution in [-0.4, -0.2) is 21.0 Å². The van der Waals surface area contributed by atoms with Crippen molar-refractivity contribution in [2.75, 3.05) is 5.32 Å². The molecule has 0 saturated heterocycles. The number of pyridine rings is 1. The summed E-state index contributed by atoms with van der Waals surface area (Å²) < 4.78 is 4.92. The Hall–Kier alpha value is -2.44. The van der Waals surface area contributed by atoms with Gasteiger partial charge in [-0.15, -0.1) is 0 Å². The molecule has 0 aliphatic rings. The Morgan fingerprint density at radius 2 is 2.41 bits per heavy atom. The zero-order chi connectivity index (χ0) is 12.3. The normalized spacial score (nSPS) is 10.2. The summed E-state index contributed by atoms with van der Waals surface area (Å²) in [5.41, 5.74) is 5.54. The number of nitrogens with zero attached hydrogens (tertiary/aromatic N) is 3. The number of anilines is 1. The molecule has 0 radical (unpaired) electrons. The Balaban J connectivity index is 2.11. The third-order valence-electron chi connectivity index (χ3n) is 2.05. The molecular formula is C10H11N5O2. The number of nitrogens with one attached hydrogen (secondary N) is 1. The second-order valence-electron chi connectivity index (χ2n) is 3.35. The van der Waals surface area contributed by atoms with E-state index in [1.165, 1.54) is 0 Å². The van der Waals surface area contributed by atoms with Gasteiger partial charge >= 0.3 is 0 Å². The van der Waals surface area contributed by atoms with Crippen LogP contribution in [0.5, 0.6) is 0 Å². The molecule has 0 aliphatic carbocycles. The molecule has 1 amide bonds. The van der Waals surface area contributed by atoms with Crippen molar-refractivity contribution in [2.45, 2.75) is 13.5 Å². The lowest BCUT2D eigenvalue weighted by Crippen LogP contribution is -2.15. The Morgan fingerprint density at radius 3 is 3.06 bits per heavy atom. The maximum atomic E-state index is 11.1. The molecule has 2 aromatic rings. The van der Waals surface area contributed by atoms with Crippen LogP contribution in [0.15, 0.2) is 22.9 Å². The van der Waals surface area contributed by atoms with Crippen LogP contribution in [0.3, 0.4) is 0 Å². The number of aryl methyl sites for hydroxylation is 1.